The lowest BCUT2D eigenvalue weighted by molar-refractivity contribution is 0.00945. The predicted octanol–water partition coefficient (Wildman–Crippen LogP) is 2.57. The molecule has 0 N–H and O–H groups in total. The first-order valence-electron chi connectivity index (χ1n) is 8.32. The molecule has 4 rings (SSSR count). The highest BCUT2D eigenvalue weighted by atomic mass is 19.1. The Kier molecular flexibility index (Phi) is 3.95. The summed E-state index contributed by atoms with van der Waals surface area (Å²) in [5.74, 6) is 0.426. The van der Waals surface area contributed by atoms with Crippen LogP contribution in [-0.4, -0.2) is 47.2 Å². The minimum Gasteiger partial charge on any atom is -0.470 e. The summed E-state index contributed by atoms with van der Waals surface area (Å²) < 4.78 is 30.7. The van der Waals surface area contributed by atoms with Gasteiger partial charge in [-0.1, -0.05) is 0 Å². The number of carbonyl (C=O) groups is 1. The maximum absolute atomic E-state index is 13.7. The molecule has 2 fully saturated rings. The zero-order valence-electron chi connectivity index (χ0n) is 13.9. The lowest BCUT2D eigenvalue weighted by Crippen LogP contribution is -2.36. The number of pyridine rings is 1. The second kappa shape index (κ2) is 6.15. The predicted molar refractivity (Wildman–Crippen MR) is 85.9 cm³/mol. The molecule has 7 heteroatoms. The van der Waals surface area contributed by atoms with Crippen molar-refractivity contribution in [2.24, 2.45) is 0 Å². The van der Waals surface area contributed by atoms with Crippen molar-refractivity contribution >= 4 is 5.91 Å². The molecule has 2 aromatic heterocycles. The van der Waals surface area contributed by atoms with E-state index in [0.29, 0.717) is 37.6 Å². The number of rotatable bonds is 3. The molecular formula is C18H19FN2O4. The lowest BCUT2D eigenvalue weighted by atomic mass is 9.98. The molecule has 0 radical (unpaired) electrons. The van der Waals surface area contributed by atoms with Crippen LogP contribution in [-0.2, 0) is 4.74 Å². The Morgan fingerprint density at radius 3 is 3.08 bits per heavy atom. The van der Waals surface area contributed by atoms with Gasteiger partial charge in [0.05, 0.1) is 18.8 Å². The number of hydrogen-bond acceptors (Lipinski definition) is 5. The number of furan rings is 1. The first kappa shape index (κ1) is 16.1. The average Bonchev–Trinajstić information content (AvgIpc) is 3.31. The molecule has 1 spiro atoms. The number of halogens is 1. The Balaban J connectivity index is 1.40. The van der Waals surface area contributed by atoms with Crippen LogP contribution in [0.1, 0.15) is 29.2 Å². The highest BCUT2D eigenvalue weighted by Gasteiger charge is 2.48. The molecule has 2 aliphatic rings. The van der Waals surface area contributed by atoms with E-state index in [4.69, 9.17) is 13.9 Å². The third kappa shape index (κ3) is 3.11. The normalized spacial score (nSPS) is 25.7. The van der Waals surface area contributed by atoms with Crippen molar-refractivity contribution in [1.29, 1.82) is 0 Å². The van der Waals surface area contributed by atoms with Gasteiger partial charge in [-0.3, -0.25) is 4.79 Å². The zero-order valence-corrected chi connectivity index (χ0v) is 13.9. The van der Waals surface area contributed by atoms with Crippen LogP contribution in [0.25, 0.3) is 0 Å². The van der Waals surface area contributed by atoms with Gasteiger partial charge >= 0.3 is 0 Å². The summed E-state index contributed by atoms with van der Waals surface area (Å²) in [5.41, 5.74) is -0.437. The summed E-state index contributed by atoms with van der Waals surface area (Å²) in [6, 6.07) is 6.30. The number of nitrogens with zero attached hydrogens (tertiary/aromatic N) is 2. The zero-order chi connectivity index (χ0) is 17.4. The fraction of sp³-hybridized carbons (Fsp3) is 0.444. The van der Waals surface area contributed by atoms with Crippen LogP contribution in [0.3, 0.4) is 0 Å². The summed E-state index contributed by atoms with van der Waals surface area (Å²) in [6.07, 6.45) is 2.54. The Hall–Kier alpha value is -2.41. The average molecular weight is 346 g/mol. The van der Waals surface area contributed by atoms with Gasteiger partial charge in [-0.05, 0) is 37.6 Å². The van der Waals surface area contributed by atoms with E-state index in [1.54, 1.807) is 24.0 Å². The van der Waals surface area contributed by atoms with Crippen LogP contribution in [0, 0.1) is 12.7 Å². The standard InChI is InChI=1S/C18H19FN2O4/c1-12-4-5-15(24-12)17(22)21-8-6-18(11-21)9-13(10-23-18)25-16-14(19)3-2-7-20-16/h2-5,7,13H,6,8-11H2,1H3/t13-,18+/m1/s1. The van der Waals surface area contributed by atoms with Gasteiger partial charge in [-0.25, -0.2) is 9.37 Å². The van der Waals surface area contributed by atoms with Gasteiger partial charge in [0.2, 0.25) is 0 Å². The summed E-state index contributed by atoms with van der Waals surface area (Å²) in [4.78, 5) is 18.2. The molecule has 0 unspecified atom stereocenters. The van der Waals surface area contributed by atoms with E-state index in [1.807, 2.05) is 0 Å². The van der Waals surface area contributed by atoms with Crippen LogP contribution in [0.15, 0.2) is 34.9 Å². The minimum atomic E-state index is -0.486. The molecule has 2 aromatic rings. The van der Waals surface area contributed by atoms with Crippen molar-refractivity contribution in [2.75, 3.05) is 19.7 Å². The smallest absolute Gasteiger partial charge is 0.289 e. The Bertz CT molecular complexity index is 793. The van der Waals surface area contributed by atoms with Gasteiger partial charge in [-0.15, -0.1) is 0 Å². The van der Waals surface area contributed by atoms with Crippen molar-refractivity contribution < 1.29 is 23.1 Å². The number of amides is 1. The molecule has 2 saturated heterocycles. The maximum Gasteiger partial charge on any atom is 0.289 e. The molecule has 2 atom stereocenters. The lowest BCUT2D eigenvalue weighted by Gasteiger charge is -2.22. The maximum atomic E-state index is 13.7. The van der Waals surface area contributed by atoms with Crippen molar-refractivity contribution in [1.82, 2.24) is 9.88 Å². The van der Waals surface area contributed by atoms with Crippen molar-refractivity contribution in [3.05, 3.63) is 47.8 Å². The summed E-state index contributed by atoms with van der Waals surface area (Å²) in [6.45, 7) is 3.25. The Labute approximate surface area is 144 Å². The minimum absolute atomic E-state index is 0.00913. The van der Waals surface area contributed by atoms with E-state index in [1.165, 1.54) is 18.3 Å². The molecule has 1 amide bonds. The molecular weight excluding hydrogens is 327 g/mol. The molecule has 132 valence electrons. The van der Waals surface area contributed by atoms with Gasteiger partial charge in [0.25, 0.3) is 11.8 Å². The van der Waals surface area contributed by atoms with Crippen molar-refractivity contribution in [3.63, 3.8) is 0 Å². The van der Waals surface area contributed by atoms with E-state index >= 15 is 0 Å². The van der Waals surface area contributed by atoms with Crippen LogP contribution in [0.4, 0.5) is 4.39 Å². The monoisotopic (exact) mass is 346 g/mol. The quantitative estimate of drug-likeness (QED) is 0.855. The van der Waals surface area contributed by atoms with E-state index in [0.717, 1.165) is 6.42 Å². The molecule has 0 aliphatic carbocycles. The third-order valence-corrected chi connectivity index (χ3v) is 4.73. The number of likely N-dealkylation sites (tertiary alicyclic amines) is 1. The molecule has 4 heterocycles. The molecule has 2 aliphatic heterocycles. The summed E-state index contributed by atoms with van der Waals surface area (Å²) in [7, 11) is 0. The largest absolute Gasteiger partial charge is 0.470 e. The van der Waals surface area contributed by atoms with Crippen LogP contribution >= 0.6 is 0 Å². The first-order chi connectivity index (χ1) is 12.0. The Morgan fingerprint density at radius 1 is 1.44 bits per heavy atom. The van der Waals surface area contributed by atoms with E-state index in [2.05, 4.69) is 4.98 Å². The summed E-state index contributed by atoms with van der Waals surface area (Å²) >= 11 is 0. The van der Waals surface area contributed by atoms with Crippen LogP contribution in [0.2, 0.25) is 0 Å². The number of aromatic nitrogens is 1. The number of ether oxygens (including phenoxy) is 2. The second-order valence-corrected chi connectivity index (χ2v) is 6.62. The van der Waals surface area contributed by atoms with E-state index < -0.39 is 11.4 Å². The van der Waals surface area contributed by atoms with Gasteiger partial charge in [0, 0.05) is 19.2 Å². The topological polar surface area (TPSA) is 64.8 Å². The molecule has 0 bridgehead atoms. The van der Waals surface area contributed by atoms with Gasteiger partial charge in [0.1, 0.15) is 11.9 Å². The van der Waals surface area contributed by atoms with Crippen molar-refractivity contribution in [2.45, 2.75) is 31.5 Å². The molecule has 0 saturated carbocycles. The number of hydrogen-bond donors (Lipinski definition) is 0. The van der Waals surface area contributed by atoms with Crippen LogP contribution in [0.5, 0.6) is 5.88 Å². The first-order valence-corrected chi connectivity index (χ1v) is 8.32. The summed E-state index contributed by atoms with van der Waals surface area (Å²) in [5, 5.41) is 0. The third-order valence-electron chi connectivity index (χ3n) is 4.73. The number of carbonyl (C=O) groups excluding carboxylic acids is 1. The fourth-order valence-corrected chi connectivity index (χ4v) is 3.50. The van der Waals surface area contributed by atoms with Crippen molar-refractivity contribution in [3.8, 4) is 5.88 Å². The SMILES string of the molecule is Cc1ccc(C(=O)N2CC[C@]3(C[C@@H](Oc4ncccc4F)CO3)C2)o1. The van der Waals surface area contributed by atoms with E-state index in [9.17, 15) is 9.18 Å². The van der Waals surface area contributed by atoms with Gasteiger partial charge < -0.3 is 18.8 Å². The fourth-order valence-electron chi connectivity index (χ4n) is 3.50. The Morgan fingerprint density at radius 2 is 2.32 bits per heavy atom. The van der Waals surface area contributed by atoms with Gasteiger partial charge in [-0.2, -0.15) is 0 Å². The second-order valence-electron chi connectivity index (χ2n) is 6.62. The highest BCUT2D eigenvalue weighted by Crippen LogP contribution is 2.37. The number of aryl methyl sites for hydroxylation is 1. The highest BCUT2D eigenvalue weighted by molar-refractivity contribution is 5.91. The van der Waals surface area contributed by atoms with Crippen LogP contribution < -0.4 is 4.74 Å². The van der Waals surface area contributed by atoms with Gasteiger partial charge in [0.15, 0.2) is 11.6 Å². The molecule has 25 heavy (non-hydrogen) atoms. The molecule has 0 aromatic carbocycles. The molecule has 6 nitrogen and oxygen atoms in total. The van der Waals surface area contributed by atoms with E-state index in [-0.39, 0.29) is 17.9 Å².